The largest absolute Gasteiger partial charge is 0.321 e. The van der Waals surface area contributed by atoms with Crippen molar-refractivity contribution in [3.8, 4) is 0 Å². The maximum absolute atomic E-state index is 12.8. The van der Waals surface area contributed by atoms with Gasteiger partial charge in [-0.2, -0.15) is 0 Å². The minimum atomic E-state index is -0.0792. The number of pyridine rings is 1. The van der Waals surface area contributed by atoms with Crippen LogP contribution < -0.4 is 10.6 Å². The van der Waals surface area contributed by atoms with Gasteiger partial charge in [0, 0.05) is 16.6 Å². The highest BCUT2D eigenvalue weighted by molar-refractivity contribution is 6.08. The third kappa shape index (κ3) is 3.60. The maximum atomic E-state index is 12.8. The molecule has 1 aliphatic heterocycles. The number of aromatic nitrogens is 1. The lowest BCUT2D eigenvalue weighted by molar-refractivity contribution is 0.102. The summed E-state index contributed by atoms with van der Waals surface area (Å²) >= 11 is 0. The highest BCUT2D eigenvalue weighted by Gasteiger charge is 2.16. The second kappa shape index (κ2) is 7.26. The number of rotatable bonds is 4. The van der Waals surface area contributed by atoms with Gasteiger partial charge in [-0.15, -0.1) is 0 Å². The van der Waals surface area contributed by atoms with Gasteiger partial charge < -0.3 is 10.6 Å². The Bertz CT molecular complexity index is 945. The summed E-state index contributed by atoms with van der Waals surface area (Å²) < 4.78 is 0. The van der Waals surface area contributed by atoms with E-state index in [9.17, 15) is 4.79 Å². The smallest absolute Gasteiger partial charge is 0.255 e. The Balaban J connectivity index is 1.55. The Morgan fingerprint density at radius 2 is 2.08 bits per heavy atom. The van der Waals surface area contributed by atoms with Crippen LogP contribution in [0.15, 0.2) is 54.6 Å². The van der Waals surface area contributed by atoms with Crippen molar-refractivity contribution in [2.45, 2.75) is 19.8 Å². The molecule has 1 unspecified atom stereocenters. The van der Waals surface area contributed by atoms with Crippen LogP contribution in [0, 0.1) is 12.8 Å². The quantitative estimate of drug-likeness (QED) is 0.753. The molecule has 2 N–H and O–H groups in total. The Morgan fingerprint density at radius 1 is 1.19 bits per heavy atom. The van der Waals surface area contributed by atoms with Crippen molar-refractivity contribution in [3.05, 3.63) is 71.4 Å². The molecule has 0 aliphatic carbocycles. The van der Waals surface area contributed by atoms with Crippen molar-refractivity contribution in [2.75, 3.05) is 18.4 Å². The van der Waals surface area contributed by atoms with Crippen molar-refractivity contribution >= 4 is 22.5 Å². The monoisotopic (exact) mass is 345 g/mol. The SMILES string of the molecule is Cc1ccc2c(NC(=O)c3cccc(CC4CCNC4)c3)cccc2n1. The van der Waals surface area contributed by atoms with Crippen molar-refractivity contribution in [3.63, 3.8) is 0 Å². The molecule has 26 heavy (non-hydrogen) atoms. The minimum absolute atomic E-state index is 0.0792. The summed E-state index contributed by atoms with van der Waals surface area (Å²) in [6, 6.07) is 17.8. The first-order valence-electron chi connectivity index (χ1n) is 9.16. The van der Waals surface area contributed by atoms with E-state index in [1.54, 1.807) is 0 Å². The lowest BCUT2D eigenvalue weighted by Crippen LogP contribution is -2.14. The number of benzene rings is 2. The zero-order chi connectivity index (χ0) is 17.9. The summed E-state index contributed by atoms with van der Waals surface area (Å²) in [6.45, 7) is 4.13. The molecule has 4 heteroatoms. The van der Waals surface area contributed by atoms with E-state index in [-0.39, 0.29) is 5.91 Å². The first-order valence-corrected chi connectivity index (χ1v) is 9.16. The number of anilines is 1. The van der Waals surface area contributed by atoms with Gasteiger partial charge >= 0.3 is 0 Å². The van der Waals surface area contributed by atoms with Crippen molar-refractivity contribution in [2.24, 2.45) is 5.92 Å². The number of aryl methyl sites for hydroxylation is 1. The summed E-state index contributed by atoms with van der Waals surface area (Å²) in [5.41, 5.74) is 4.58. The van der Waals surface area contributed by atoms with Crippen LogP contribution in [-0.4, -0.2) is 24.0 Å². The molecule has 1 aromatic heterocycles. The van der Waals surface area contributed by atoms with Gasteiger partial charge in [0.05, 0.1) is 11.2 Å². The number of hydrogen-bond acceptors (Lipinski definition) is 3. The summed E-state index contributed by atoms with van der Waals surface area (Å²) in [6.07, 6.45) is 2.23. The second-order valence-electron chi connectivity index (χ2n) is 7.04. The molecule has 1 atom stereocenters. The number of hydrogen-bond donors (Lipinski definition) is 2. The lowest BCUT2D eigenvalue weighted by Gasteiger charge is -2.11. The van der Waals surface area contributed by atoms with Gasteiger partial charge in [0.2, 0.25) is 0 Å². The third-order valence-corrected chi connectivity index (χ3v) is 5.00. The van der Waals surface area contributed by atoms with Gasteiger partial charge in [-0.3, -0.25) is 9.78 Å². The van der Waals surface area contributed by atoms with E-state index >= 15 is 0 Å². The predicted molar refractivity (Wildman–Crippen MR) is 106 cm³/mol. The van der Waals surface area contributed by atoms with E-state index in [2.05, 4.69) is 21.7 Å². The fraction of sp³-hybridized carbons (Fsp3) is 0.273. The molecule has 4 rings (SSSR count). The van der Waals surface area contributed by atoms with E-state index in [1.165, 1.54) is 12.0 Å². The highest BCUT2D eigenvalue weighted by atomic mass is 16.1. The zero-order valence-electron chi connectivity index (χ0n) is 15.0. The number of carbonyl (C=O) groups excluding carboxylic acids is 1. The molecule has 1 aliphatic rings. The predicted octanol–water partition coefficient (Wildman–Crippen LogP) is 3.95. The average molecular weight is 345 g/mol. The summed E-state index contributed by atoms with van der Waals surface area (Å²) in [4.78, 5) is 17.3. The Labute approximate surface area is 153 Å². The summed E-state index contributed by atoms with van der Waals surface area (Å²) in [5, 5.41) is 7.41. The van der Waals surface area contributed by atoms with Crippen LogP contribution in [0.2, 0.25) is 0 Å². The van der Waals surface area contributed by atoms with Crippen molar-refractivity contribution in [1.29, 1.82) is 0 Å². The van der Waals surface area contributed by atoms with Crippen LogP contribution >= 0.6 is 0 Å². The normalized spacial score (nSPS) is 16.7. The number of nitrogens with zero attached hydrogens (tertiary/aromatic N) is 1. The fourth-order valence-electron chi connectivity index (χ4n) is 3.62. The standard InChI is InChI=1S/C22H23N3O/c1-15-8-9-19-20(24-15)6-3-7-21(19)25-22(26)18-5-2-4-16(13-18)12-17-10-11-23-14-17/h2-9,13,17,23H,10-12,14H2,1H3,(H,25,26). The Hall–Kier alpha value is -2.72. The van der Waals surface area contributed by atoms with Gasteiger partial charge in [-0.1, -0.05) is 18.2 Å². The summed E-state index contributed by atoms with van der Waals surface area (Å²) in [7, 11) is 0. The van der Waals surface area contributed by atoms with Gasteiger partial charge in [0.15, 0.2) is 0 Å². The van der Waals surface area contributed by atoms with Crippen LogP contribution in [0.4, 0.5) is 5.69 Å². The maximum Gasteiger partial charge on any atom is 0.255 e. The average Bonchev–Trinajstić information content (AvgIpc) is 3.15. The molecule has 0 bridgehead atoms. The fourth-order valence-corrected chi connectivity index (χ4v) is 3.62. The molecule has 2 aromatic carbocycles. The van der Waals surface area contributed by atoms with Crippen LogP contribution in [-0.2, 0) is 6.42 Å². The molecule has 3 aromatic rings. The molecule has 132 valence electrons. The molecule has 4 nitrogen and oxygen atoms in total. The van der Waals surface area contributed by atoms with E-state index < -0.39 is 0 Å². The third-order valence-electron chi connectivity index (χ3n) is 5.00. The Kier molecular flexibility index (Phi) is 4.67. The number of fused-ring (bicyclic) bond motifs is 1. The number of amides is 1. The van der Waals surface area contributed by atoms with E-state index in [0.717, 1.165) is 41.8 Å². The van der Waals surface area contributed by atoms with E-state index in [1.807, 2.05) is 55.5 Å². The number of nitrogens with one attached hydrogen (secondary N) is 2. The molecule has 0 radical (unpaired) electrons. The van der Waals surface area contributed by atoms with Gasteiger partial charge in [-0.05, 0) is 80.7 Å². The van der Waals surface area contributed by atoms with Gasteiger partial charge in [0.25, 0.3) is 5.91 Å². The number of carbonyl (C=O) groups is 1. The van der Waals surface area contributed by atoms with Crippen LogP contribution in [0.5, 0.6) is 0 Å². The zero-order valence-corrected chi connectivity index (χ0v) is 15.0. The topological polar surface area (TPSA) is 54.0 Å². The summed E-state index contributed by atoms with van der Waals surface area (Å²) in [5.74, 6) is 0.588. The van der Waals surface area contributed by atoms with Crippen LogP contribution in [0.3, 0.4) is 0 Å². The molecule has 1 saturated heterocycles. The molecule has 1 amide bonds. The van der Waals surface area contributed by atoms with Crippen molar-refractivity contribution in [1.82, 2.24) is 10.3 Å². The van der Waals surface area contributed by atoms with Crippen LogP contribution in [0.25, 0.3) is 10.9 Å². The molecule has 1 fully saturated rings. The van der Waals surface area contributed by atoms with Gasteiger partial charge in [-0.25, -0.2) is 0 Å². The van der Waals surface area contributed by atoms with Crippen molar-refractivity contribution < 1.29 is 4.79 Å². The molecule has 0 spiro atoms. The molecular formula is C22H23N3O. The van der Waals surface area contributed by atoms with Gasteiger partial charge in [0.1, 0.15) is 0 Å². The van der Waals surface area contributed by atoms with Crippen LogP contribution in [0.1, 0.15) is 28.0 Å². The second-order valence-corrected chi connectivity index (χ2v) is 7.04. The lowest BCUT2D eigenvalue weighted by atomic mass is 9.97. The van der Waals surface area contributed by atoms with E-state index in [4.69, 9.17) is 0 Å². The molecular weight excluding hydrogens is 322 g/mol. The highest BCUT2D eigenvalue weighted by Crippen LogP contribution is 2.23. The van der Waals surface area contributed by atoms with E-state index in [0.29, 0.717) is 11.5 Å². The Morgan fingerprint density at radius 3 is 2.92 bits per heavy atom. The first kappa shape index (κ1) is 16.7. The minimum Gasteiger partial charge on any atom is -0.321 e. The first-order chi connectivity index (χ1) is 12.7. The molecule has 0 saturated carbocycles. The molecule has 2 heterocycles.